The highest BCUT2D eigenvalue weighted by molar-refractivity contribution is 7.91. The maximum atomic E-state index is 12.7. The molecule has 1 aromatic rings. The van der Waals surface area contributed by atoms with Gasteiger partial charge in [0.2, 0.25) is 5.91 Å². The van der Waals surface area contributed by atoms with Gasteiger partial charge in [0.1, 0.15) is 4.21 Å². The second-order valence-corrected chi connectivity index (χ2v) is 9.97. The van der Waals surface area contributed by atoms with Gasteiger partial charge in [-0.3, -0.25) is 4.79 Å². The lowest BCUT2D eigenvalue weighted by Crippen LogP contribution is -2.45. The number of rotatable bonds is 7. The lowest BCUT2D eigenvalue weighted by atomic mass is 9.99. The minimum Gasteiger partial charge on any atom is -0.356 e. The molecule has 6 nitrogen and oxygen atoms in total. The molecule has 0 radical (unpaired) electrons. The predicted molar refractivity (Wildman–Crippen MR) is 96.7 cm³/mol. The van der Waals surface area contributed by atoms with Crippen molar-refractivity contribution in [1.29, 1.82) is 0 Å². The van der Waals surface area contributed by atoms with Crippen LogP contribution in [0.25, 0.3) is 0 Å². The maximum Gasteiger partial charge on any atom is 0.252 e. The van der Waals surface area contributed by atoms with Gasteiger partial charge in [0.25, 0.3) is 10.0 Å². The second kappa shape index (κ2) is 8.42. The van der Waals surface area contributed by atoms with Gasteiger partial charge < -0.3 is 10.2 Å². The fraction of sp³-hybridized carbons (Fsp3) is 0.688. The summed E-state index contributed by atoms with van der Waals surface area (Å²) in [6, 6.07) is 3.47. The summed E-state index contributed by atoms with van der Waals surface area (Å²) < 4.78 is 27.2. The van der Waals surface area contributed by atoms with E-state index in [0.29, 0.717) is 17.3 Å². The Morgan fingerprint density at radius 1 is 1.42 bits per heavy atom. The normalized spacial score (nSPS) is 19.6. The summed E-state index contributed by atoms with van der Waals surface area (Å²) >= 11 is 1.28. The summed E-state index contributed by atoms with van der Waals surface area (Å²) in [5.41, 5.74) is 0. The van der Waals surface area contributed by atoms with Crippen molar-refractivity contribution in [2.75, 3.05) is 40.3 Å². The molecule has 0 bridgehead atoms. The molecule has 2 heterocycles. The Labute approximate surface area is 148 Å². The molecule has 0 aromatic carbocycles. The van der Waals surface area contributed by atoms with Crippen molar-refractivity contribution < 1.29 is 13.2 Å². The molecular weight excluding hydrogens is 346 g/mol. The van der Waals surface area contributed by atoms with Crippen LogP contribution >= 0.6 is 11.3 Å². The predicted octanol–water partition coefficient (Wildman–Crippen LogP) is 1.53. The Hall–Kier alpha value is -0.960. The molecule has 1 aromatic heterocycles. The first-order valence-corrected chi connectivity index (χ1v) is 10.6. The molecule has 0 spiro atoms. The molecule has 1 saturated heterocycles. The summed E-state index contributed by atoms with van der Waals surface area (Å²) in [7, 11) is 0.517. The molecular formula is C16H27N3O3S2. The van der Waals surface area contributed by atoms with E-state index in [1.807, 2.05) is 27.1 Å². The molecule has 136 valence electrons. The topological polar surface area (TPSA) is 69.7 Å². The highest BCUT2D eigenvalue weighted by atomic mass is 32.2. The standard InChI is InChI=1S/C16H27N3O3S2/c1-13-7-8-15(23-13)24(21,22)19-11-4-6-14(12-19)16(20)17-9-5-10-18(2)3/h7-8,14H,4-6,9-12H2,1-3H3,(H,17,20). The third kappa shape index (κ3) is 5.02. The van der Waals surface area contributed by atoms with Crippen LogP contribution in [0.2, 0.25) is 0 Å². The molecule has 1 aliphatic heterocycles. The zero-order chi connectivity index (χ0) is 17.7. The van der Waals surface area contributed by atoms with Crippen LogP contribution in [0.5, 0.6) is 0 Å². The number of amides is 1. The van der Waals surface area contributed by atoms with Crippen LogP contribution in [0.3, 0.4) is 0 Å². The summed E-state index contributed by atoms with van der Waals surface area (Å²) in [4.78, 5) is 15.4. The SMILES string of the molecule is Cc1ccc(S(=O)(=O)N2CCCC(C(=O)NCCCN(C)C)C2)s1. The van der Waals surface area contributed by atoms with Gasteiger partial charge in [-0.25, -0.2) is 8.42 Å². The smallest absolute Gasteiger partial charge is 0.252 e. The van der Waals surface area contributed by atoms with E-state index in [9.17, 15) is 13.2 Å². The minimum atomic E-state index is -3.48. The number of nitrogens with one attached hydrogen (secondary N) is 1. The van der Waals surface area contributed by atoms with Crippen LogP contribution in [0.4, 0.5) is 0 Å². The van der Waals surface area contributed by atoms with Gasteiger partial charge in [-0.05, 0) is 59.0 Å². The second-order valence-electron chi connectivity index (χ2n) is 6.52. The van der Waals surface area contributed by atoms with Gasteiger partial charge in [-0.1, -0.05) is 0 Å². The molecule has 24 heavy (non-hydrogen) atoms. The first kappa shape index (κ1) is 19.4. The van der Waals surface area contributed by atoms with E-state index in [1.165, 1.54) is 15.6 Å². The zero-order valence-electron chi connectivity index (χ0n) is 14.6. The summed E-state index contributed by atoms with van der Waals surface area (Å²) in [5, 5.41) is 2.94. The molecule has 1 aliphatic rings. The van der Waals surface area contributed by atoms with Crippen LogP contribution in [-0.2, 0) is 14.8 Å². The third-order valence-electron chi connectivity index (χ3n) is 4.15. The number of nitrogens with zero attached hydrogens (tertiary/aromatic N) is 2. The van der Waals surface area contributed by atoms with Crippen molar-refractivity contribution >= 4 is 27.3 Å². The minimum absolute atomic E-state index is 0.0315. The third-order valence-corrected chi connectivity index (χ3v) is 7.48. The van der Waals surface area contributed by atoms with Gasteiger partial charge >= 0.3 is 0 Å². The Balaban J connectivity index is 1.92. The maximum absolute atomic E-state index is 12.7. The van der Waals surface area contributed by atoms with E-state index in [4.69, 9.17) is 0 Å². The molecule has 8 heteroatoms. The molecule has 1 amide bonds. The Morgan fingerprint density at radius 3 is 2.79 bits per heavy atom. The first-order chi connectivity index (χ1) is 11.3. The number of hydrogen-bond donors (Lipinski definition) is 1. The van der Waals surface area contributed by atoms with Crippen molar-refractivity contribution in [3.05, 3.63) is 17.0 Å². The summed E-state index contributed by atoms with van der Waals surface area (Å²) in [5.74, 6) is -0.287. The highest BCUT2D eigenvalue weighted by Crippen LogP contribution is 2.28. The number of hydrogen-bond acceptors (Lipinski definition) is 5. The van der Waals surface area contributed by atoms with Crippen LogP contribution in [0.15, 0.2) is 16.3 Å². The molecule has 2 rings (SSSR count). The molecule has 0 saturated carbocycles. The van der Waals surface area contributed by atoms with Crippen LogP contribution in [0.1, 0.15) is 24.1 Å². The number of carbonyl (C=O) groups is 1. The number of sulfonamides is 1. The molecule has 1 fully saturated rings. The Morgan fingerprint density at radius 2 is 2.17 bits per heavy atom. The first-order valence-electron chi connectivity index (χ1n) is 8.29. The summed E-state index contributed by atoms with van der Waals surface area (Å²) in [6.45, 7) is 4.21. The van der Waals surface area contributed by atoms with Gasteiger partial charge in [-0.2, -0.15) is 4.31 Å². The number of carbonyl (C=O) groups excluding carboxylic acids is 1. The van der Waals surface area contributed by atoms with Gasteiger partial charge in [0, 0.05) is 24.5 Å². The van der Waals surface area contributed by atoms with E-state index in [0.717, 1.165) is 30.7 Å². The molecule has 1 N–H and O–H groups in total. The van der Waals surface area contributed by atoms with Crippen LogP contribution < -0.4 is 5.32 Å². The van der Waals surface area contributed by atoms with E-state index in [-0.39, 0.29) is 18.4 Å². The molecule has 1 atom stereocenters. The average Bonchev–Trinajstić information content (AvgIpc) is 2.98. The van der Waals surface area contributed by atoms with Gasteiger partial charge in [0.15, 0.2) is 0 Å². The Kier molecular flexibility index (Phi) is 6.79. The number of aryl methyl sites for hydroxylation is 1. The average molecular weight is 374 g/mol. The van der Waals surface area contributed by atoms with E-state index in [1.54, 1.807) is 6.07 Å². The van der Waals surface area contributed by atoms with Crippen LogP contribution in [-0.4, -0.2) is 63.8 Å². The largest absolute Gasteiger partial charge is 0.356 e. The lowest BCUT2D eigenvalue weighted by Gasteiger charge is -2.30. The van der Waals surface area contributed by atoms with E-state index in [2.05, 4.69) is 10.2 Å². The van der Waals surface area contributed by atoms with Crippen molar-refractivity contribution in [1.82, 2.24) is 14.5 Å². The zero-order valence-corrected chi connectivity index (χ0v) is 16.3. The molecule has 0 aliphatic carbocycles. The number of thiophene rings is 1. The number of piperidine rings is 1. The lowest BCUT2D eigenvalue weighted by molar-refractivity contribution is -0.126. The highest BCUT2D eigenvalue weighted by Gasteiger charge is 2.33. The van der Waals surface area contributed by atoms with Crippen LogP contribution in [0, 0.1) is 12.8 Å². The van der Waals surface area contributed by atoms with Crippen molar-refractivity contribution in [2.45, 2.75) is 30.4 Å². The van der Waals surface area contributed by atoms with Crippen molar-refractivity contribution in [2.24, 2.45) is 5.92 Å². The van der Waals surface area contributed by atoms with E-state index < -0.39 is 10.0 Å². The van der Waals surface area contributed by atoms with E-state index >= 15 is 0 Å². The Bertz CT molecular complexity index is 655. The summed E-state index contributed by atoms with van der Waals surface area (Å²) in [6.07, 6.45) is 2.36. The fourth-order valence-corrected chi connectivity index (χ4v) is 5.77. The van der Waals surface area contributed by atoms with Gasteiger partial charge in [-0.15, -0.1) is 11.3 Å². The van der Waals surface area contributed by atoms with Crippen molar-refractivity contribution in [3.8, 4) is 0 Å². The fourth-order valence-electron chi connectivity index (χ4n) is 2.80. The van der Waals surface area contributed by atoms with Gasteiger partial charge in [0.05, 0.1) is 5.92 Å². The molecule has 1 unspecified atom stereocenters. The van der Waals surface area contributed by atoms with Crippen molar-refractivity contribution in [3.63, 3.8) is 0 Å². The quantitative estimate of drug-likeness (QED) is 0.736. The monoisotopic (exact) mass is 373 g/mol.